The van der Waals surface area contributed by atoms with Gasteiger partial charge in [0.2, 0.25) is 5.91 Å². The molecule has 3 rings (SSSR count). The summed E-state index contributed by atoms with van der Waals surface area (Å²) >= 11 is 0. The van der Waals surface area contributed by atoms with Crippen LogP contribution in [0.1, 0.15) is 25.3 Å². The number of ether oxygens (including phenoxy) is 1. The monoisotopic (exact) mass is 343 g/mol. The average Bonchev–Trinajstić information content (AvgIpc) is 3.01. The van der Waals surface area contributed by atoms with Crippen molar-refractivity contribution >= 4 is 11.7 Å². The number of hydrogen-bond donors (Lipinski definition) is 1. The Bertz CT molecular complexity index is 701. The highest BCUT2D eigenvalue weighted by Crippen LogP contribution is 2.17. The van der Waals surface area contributed by atoms with Crippen LogP contribution in [0.2, 0.25) is 0 Å². The van der Waals surface area contributed by atoms with E-state index in [2.05, 4.69) is 27.2 Å². The lowest BCUT2D eigenvalue weighted by molar-refractivity contribution is -0.127. The van der Waals surface area contributed by atoms with E-state index in [4.69, 9.17) is 4.74 Å². The molecule has 25 heavy (non-hydrogen) atoms. The molecule has 7 heteroatoms. The Kier molecular flexibility index (Phi) is 5.78. The summed E-state index contributed by atoms with van der Waals surface area (Å²) in [6, 6.07) is 3.52. The molecule has 7 nitrogen and oxygen atoms in total. The smallest absolute Gasteiger partial charge is 0.245 e. The Morgan fingerprint density at radius 3 is 3.12 bits per heavy atom. The van der Waals surface area contributed by atoms with Crippen LogP contribution >= 0.6 is 0 Å². The number of morpholine rings is 1. The third-order valence-electron chi connectivity index (χ3n) is 4.39. The van der Waals surface area contributed by atoms with Gasteiger partial charge in [-0.15, -0.1) is 5.10 Å². The van der Waals surface area contributed by atoms with Gasteiger partial charge in [-0.25, -0.2) is 4.68 Å². The fourth-order valence-electron chi connectivity index (χ4n) is 2.91. The number of anilines is 1. The number of nitrogens with zero attached hydrogens (tertiary/aromatic N) is 4. The first-order chi connectivity index (χ1) is 12.2. The van der Waals surface area contributed by atoms with Crippen LogP contribution in [0.15, 0.2) is 30.7 Å². The van der Waals surface area contributed by atoms with Crippen molar-refractivity contribution in [3.05, 3.63) is 36.3 Å². The Morgan fingerprint density at radius 1 is 1.48 bits per heavy atom. The molecule has 134 valence electrons. The number of carbonyl (C=O) groups is 1. The van der Waals surface area contributed by atoms with Gasteiger partial charge in [0.1, 0.15) is 6.04 Å². The lowest BCUT2D eigenvalue weighted by atomic mass is 10.2. The minimum Gasteiger partial charge on any atom is -0.378 e. The zero-order valence-electron chi connectivity index (χ0n) is 14.8. The fourth-order valence-corrected chi connectivity index (χ4v) is 2.91. The van der Waals surface area contributed by atoms with Gasteiger partial charge in [0.25, 0.3) is 0 Å². The summed E-state index contributed by atoms with van der Waals surface area (Å²) in [5, 5.41) is 7.45. The molecule has 0 bridgehead atoms. The van der Waals surface area contributed by atoms with E-state index in [1.54, 1.807) is 17.1 Å². The Hall–Kier alpha value is -2.25. The van der Waals surface area contributed by atoms with Crippen molar-refractivity contribution in [3.8, 4) is 5.69 Å². The molecule has 0 radical (unpaired) electrons. The first-order valence-corrected chi connectivity index (χ1v) is 8.78. The van der Waals surface area contributed by atoms with Crippen LogP contribution in [0, 0.1) is 6.92 Å². The molecule has 0 aliphatic carbocycles. The highest BCUT2D eigenvalue weighted by atomic mass is 16.5. The zero-order valence-corrected chi connectivity index (χ0v) is 14.8. The molecule has 1 atom stereocenters. The molecule has 1 N–H and O–H groups in total. The predicted octanol–water partition coefficient (Wildman–Crippen LogP) is 2.02. The standard InChI is InChI=1S/C18H25N5O2/c1-3-4-8-22-9-10-25-13-16(22)18(24)20-17-14(2)12-23(21-17)15-6-5-7-19-11-15/h5-7,11-12,16H,3-4,8-10,13H2,1-2H3,(H,20,21,24). The second-order valence-corrected chi connectivity index (χ2v) is 6.29. The quantitative estimate of drug-likeness (QED) is 0.869. The summed E-state index contributed by atoms with van der Waals surface area (Å²) < 4.78 is 7.25. The molecule has 1 saturated heterocycles. The molecular formula is C18H25N5O2. The van der Waals surface area contributed by atoms with Crippen LogP contribution in [-0.4, -0.2) is 57.9 Å². The Morgan fingerprint density at radius 2 is 2.36 bits per heavy atom. The molecule has 0 saturated carbocycles. The number of pyridine rings is 1. The molecule has 0 aromatic carbocycles. The van der Waals surface area contributed by atoms with E-state index in [-0.39, 0.29) is 11.9 Å². The average molecular weight is 343 g/mol. The van der Waals surface area contributed by atoms with Gasteiger partial charge in [0, 0.05) is 24.5 Å². The third-order valence-corrected chi connectivity index (χ3v) is 4.39. The molecular weight excluding hydrogens is 318 g/mol. The molecule has 2 aromatic rings. The maximum absolute atomic E-state index is 12.7. The second kappa shape index (κ2) is 8.22. The molecule has 1 amide bonds. The van der Waals surface area contributed by atoms with Crippen molar-refractivity contribution in [2.75, 3.05) is 31.6 Å². The molecule has 3 heterocycles. The number of unbranched alkanes of at least 4 members (excludes halogenated alkanes) is 1. The van der Waals surface area contributed by atoms with Gasteiger partial charge in [-0.1, -0.05) is 13.3 Å². The summed E-state index contributed by atoms with van der Waals surface area (Å²) in [5.74, 6) is 0.519. The van der Waals surface area contributed by atoms with Gasteiger partial charge in [-0.3, -0.25) is 14.7 Å². The molecule has 1 unspecified atom stereocenters. The van der Waals surface area contributed by atoms with Gasteiger partial charge in [0.15, 0.2) is 5.82 Å². The second-order valence-electron chi connectivity index (χ2n) is 6.29. The van der Waals surface area contributed by atoms with E-state index in [9.17, 15) is 4.79 Å². The third kappa shape index (κ3) is 4.24. The highest BCUT2D eigenvalue weighted by molar-refractivity contribution is 5.94. The molecule has 1 fully saturated rings. The van der Waals surface area contributed by atoms with E-state index >= 15 is 0 Å². The minimum absolute atomic E-state index is 0.0599. The van der Waals surface area contributed by atoms with Crippen molar-refractivity contribution in [2.24, 2.45) is 0 Å². The number of aryl methyl sites for hydroxylation is 1. The van der Waals surface area contributed by atoms with Crippen LogP contribution < -0.4 is 5.32 Å². The summed E-state index contributed by atoms with van der Waals surface area (Å²) in [5.41, 5.74) is 1.77. The number of rotatable bonds is 6. The van der Waals surface area contributed by atoms with Crippen molar-refractivity contribution in [3.63, 3.8) is 0 Å². The molecule has 2 aromatic heterocycles. The van der Waals surface area contributed by atoms with Gasteiger partial charge < -0.3 is 10.1 Å². The lowest BCUT2D eigenvalue weighted by Crippen LogP contribution is -2.52. The van der Waals surface area contributed by atoms with Crippen LogP contribution in [-0.2, 0) is 9.53 Å². The normalized spacial score (nSPS) is 18.2. The largest absolute Gasteiger partial charge is 0.378 e. The first-order valence-electron chi connectivity index (χ1n) is 8.78. The van der Waals surface area contributed by atoms with Gasteiger partial charge in [-0.2, -0.15) is 0 Å². The van der Waals surface area contributed by atoms with Crippen molar-refractivity contribution < 1.29 is 9.53 Å². The number of hydrogen-bond acceptors (Lipinski definition) is 5. The SMILES string of the molecule is CCCCN1CCOCC1C(=O)Nc1nn(-c2cccnc2)cc1C. The van der Waals surface area contributed by atoms with Crippen LogP contribution in [0.25, 0.3) is 5.69 Å². The number of nitrogens with one attached hydrogen (secondary N) is 1. The molecule has 0 spiro atoms. The number of amides is 1. The summed E-state index contributed by atoms with van der Waals surface area (Å²) in [7, 11) is 0. The summed E-state index contributed by atoms with van der Waals surface area (Å²) in [6.07, 6.45) is 7.54. The van der Waals surface area contributed by atoms with E-state index in [1.807, 2.05) is 25.3 Å². The maximum Gasteiger partial charge on any atom is 0.245 e. The van der Waals surface area contributed by atoms with Crippen molar-refractivity contribution in [1.29, 1.82) is 0 Å². The Labute approximate surface area is 148 Å². The zero-order chi connectivity index (χ0) is 17.6. The lowest BCUT2D eigenvalue weighted by Gasteiger charge is -2.34. The van der Waals surface area contributed by atoms with E-state index in [1.165, 1.54) is 0 Å². The van der Waals surface area contributed by atoms with Crippen LogP contribution in [0.3, 0.4) is 0 Å². The summed E-state index contributed by atoms with van der Waals surface area (Å²) in [6.45, 7) is 6.91. The van der Waals surface area contributed by atoms with Crippen molar-refractivity contribution in [1.82, 2.24) is 19.7 Å². The Balaban J connectivity index is 1.71. The van der Waals surface area contributed by atoms with E-state index in [0.717, 1.165) is 37.2 Å². The van der Waals surface area contributed by atoms with E-state index < -0.39 is 0 Å². The highest BCUT2D eigenvalue weighted by Gasteiger charge is 2.29. The molecule has 1 aliphatic heterocycles. The van der Waals surface area contributed by atoms with Gasteiger partial charge >= 0.3 is 0 Å². The van der Waals surface area contributed by atoms with Crippen LogP contribution in [0.5, 0.6) is 0 Å². The van der Waals surface area contributed by atoms with Gasteiger partial charge in [0.05, 0.1) is 25.1 Å². The summed E-state index contributed by atoms with van der Waals surface area (Å²) in [4.78, 5) is 19.1. The van der Waals surface area contributed by atoms with Crippen LogP contribution in [0.4, 0.5) is 5.82 Å². The van der Waals surface area contributed by atoms with E-state index in [0.29, 0.717) is 19.0 Å². The first kappa shape index (κ1) is 17.6. The van der Waals surface area contributed by atoms with Crippen molar-refractivity contribution in [2.45, 2.75) is 32.7 Å². The minimum atomic E-state index is -0.261. The maximum atomic E-state index is 12.7. The topological polar surface area (TPSA) is 72.3 Å². The van der Waals surface area contributed by atoms with Gasteiger partial charge in [-0.05, 0) is 32.0 Å². The number of carbonyl (C=O) groups excluding carboxylic acids is 1. The fraction of sp³-hybridized carbons (Fsp3) is 0.500. The molecule has 1 aliphatic rings. The number of aromatic nitrogens is 3. The predicted molar refractivity (Wildman–Crippen MR) is 95.8 cm³/mol.